The number of aryl methyl sites for hydroxylation is 2. The van der Waals surface area contributed by atoms with Crippen LogP contribution in [0.5, 0.6) is 0 Å². The lowest BCUT2D eigenvalue weighted by Crippen LogP contribution is -1.91. The zero-order valence-corrected chi connectivity index (χ0v) is 13.3. The van der Waals surface area contributed by atoms with Gasteiger partial charge in [-0.2, -0.15) is 0 Å². The van der Waals surface area contributed by atoms with Gasteiger partial charge < -0.3 is 0 Å². The van der Waals surface area contributed by atoms with Crippen LogP contribution in [0.4, 0.5) is 0 Å². The molecule has 0 heterocycles. The summed E-state index contributed by atoms with van der Waals surface area (Å²) in [7, 11) is 0. The maximum absolute atomic E-state index is 2.25. The van der Waals surface area contributed by atoms with Crippen molar-refractivity contribution in [3.8, 4) is 0 Å². The molecule has 0 heteroatoms. The molecule has 0 saturated heterocycles. The highest BCUT2D eigenvalue weighted by atomic mass is 14.0. The third kappa shape index (κ3) is 5.38. The Labute approximate surface area is 148 Å². The summed E-state index contributed by atoms with van der Waals surface area (Å²) in [4.78, 5) is 0. The van der Waals surface area contributed by atoms with Gasteiger partial charge in [-0.1, -0.05) is 98.8 Å². The van der Waals surface area contributed by atoms with Crippen LogP contribution in [0, 0.1) is 13.8 Å². The number of hydrogen-bond acceptors (Lipinski definition) is 0. The minimum absolute atomic E-state index is 0. The first-order valence-electron chi connectivity index (χ1n) is 7.88. The minimum Gasteiger partial charge on any atom is -0.0776 e. The Morgan fingerprint density at radius 2 is 0.625 bits per heavy atom. The third-order valence-electron chi connectivity index (χ3n) is 4.08. The summed E-state index contributed by atoms with van der Waals surface area (Å²) in [6.07, 6.45) is 2.01. The van der Waals surface area contributed by atoms with Gasteiger partial charge in [0, 0.05) is 0 Å². The van der Waals surface area contributed by atoms with Gasteiger partial charge in [0.2, 0.25) is 0 Å². The highest BCUT2D eigenvalue weighted by Crippen LogP contribution is 2.15. The third-order valence-corrected chi connectivity index (χ3v) is 4.08. The van der Waals surface area contributed by atoms with Gasteiger partial charge >= 0.3 is 0 Å². The average molecular weight is 319 g/mol. The van der Waals surface area contributed by atoms with E-state index in [-0.39, 0.29) is 14.9 Å². The quantitative estimate of drug-likeness (QED) is 0.498. The van der Waals surface area contributed by atoms with Crippen LogP contribution in [0.2, 0.25) is 0 Å². The lowest BCUT2D eigenvalue weighted by atomic mass is 9.99. The van der Waals surface area contributed by atoms with Gasteiger partial charge in [0.1, 0.15) is 0 Å². The van der Waals surface area contributed by atoms with Crippen molar-refractivity contribution in [2.24, 2.45) is 0 Å². The Hall–Kier alpha value is -2.34. The van der Waals surface area contributed by atoms with E-state index in [1.807, 2.05) is 0 Å². The van der Waals surface area contributed by atoms with E-state index in [0.29, 0.717) is 0 Å². The maximum Gasteiger partial charge on any atom is -0.00258 e. The first-order valence-corrected chi connectivity index (χ1v) is 7.88. The van der Waals surface area contributed by atoms with Gasteiger partial charge in [-0.05, 0) is 48.9 Å². The van der Waals surface area contributed by atoms with E-state index in [0.717, 1.165) is 12.8 Å². The van der Waals surface area contributed by atoms with Gasteiger partial charge in [-0.15, -0.1) is 0 Å². The fourth-order valence-corrected chi connectivity index (χ4v) is 2.66. The van der Waals surface area contributed by atoms with Crippen LogP contribution in [0.3, 0.4) is 0 Å². The summed E-state index contributed by atoms with van der Waals surface area (Å²) in [5, 5.41) is 0. The molecule has 0 spiro atoms. The molecular formula is C24H30. The van der Waals surface area contributed by atoms with Crippen molar-refractivity contribution in [1.82, 2.24) is 0 Å². The first kappa shape index (κ1) is 19.7. The molecule has 0 amide bonds. The molecule has 0 aliphatic carbocycles. The van der Waals surface area contributed by atoms with E-state index in [1.54, 1.807) is 0 Å². The Morgan fingerprint density at radius 1 is 0.417 bits per heavy atom. The molecule has 0 radical (unpaired) electrons. The maximum atomic E-state index is 2.25. The molecule has 3 rings (SSSR count). The zero-order chi connectivity index (χ0) is 15.4. The highest BCUT2D eigenvalue weighted by molar-refractivity contribution is 5.33. The van der Waals surface area contributed by atoms with Crippen LogP contribution >= 0.6 is 0 Å². The molecule has 0 fully saturated rings. The Bertz CT molecular complexity index is 650. The SMILES string of the molecule is C.C.Cc1ccc(Cc2ccc(Cc3ccc(C)cc3)cc2)cc1. The molecule has 3 aromatic carbocycles. The van der Waals surface area contributed by atoms with E-state index in [1.165, 1.54) is 33.4 Å². The summed E-state index contributed by atoms with van der Waals surface area (Å²) in [5.74, 6) is 0. The second-order valence-corrected chi connectivity index (χ2v) is 6.14. The van der Waals surface area contributed by atoms with E-state index < -0.39 is 0 Å². The number of benzene rings is 3. The summed E-state index contributed by atoms with van der Waals surface area (Å²) in [5.41, 5.74) is 8.12. The lowest BCUT2D eigenvalue weighted by molar-refractivity contribution is 1.15. The second-order valence-electron chi connectivity index (χ2n) is 6.14. The first-order chi connectivity index (χ1) is 10.7. The van der Waals surface area contributed by atoms with Gasteiger partial charge in [-0.3, -0.25) is 0 Å². The van der Waals surface area contributed by atoms with E-state index >= 15 is 0 Å². The fourth-order valence-electron chi connectivity index (χ4n) is 2.66. The van der Waals surface area contributed by atoms with Crippen molar-refractivity contribution in [1.29, 1.82) is 0 Å². The van der Waals surface area contributed by atoms with Crippen LogP contribution < -0.4 is 0 Å². The summed E-state index contributed by atoms with van der Waals surface area (Å²) in [6, 6.07) is 26.6. The Kier molecular flexibility index (Phi) is 7.45. The molecule has 24 heavy (non-hydrogen) atoms. The molecule has 0 unspecified atom stereocenters. The van der Waals surface area contributed by atoms with Gasteiger partial charge in [0.25, 0.3) is 0 Å². The van der Waals surface area contributed by atoms with Crippen LogP contribution in [0.1, 0.15) is 48.2 Å². The zero-order valence-electron chi connectivity index (χ0n) is 13.3. The summed E-state index contributed by atoms with van der Waals surface area (Å²) < 4.78 is 0. The molecule has 0 N–H and O–H groups in total. The average Bonchev–Trinajstić information content (AvgIpc) is 2.54. The molecule has 126 valence electrons. The Balaban J connectivity index is 0.00000144. The standard InChI is InChI=1S/C22H22.2CH4/c1-17-3-7-19(8-4-17)15-21-11-13-22(14-12-21)16-20-9-5-18(2)6-10-20;;/h3-14H,15-16H2,1-2H3;2*1H4. The van der Waals surface area contributed by atoms with Crippen molar-refractivity contribution >= 4 is 0 Å². The topological polar surface area (TPSA) is 0 Å². The minimum atomic E-state index is 0. The van der Waals surface area contributed by atoms with Gasteiger partial charge in [0.05, 0.1) is 0 Å². The molecule has 0 saturated carbocycles. The molecule has 0 aromatic heterocycles. The summed E-state index contributed by atoms with van der Waals surface area (Å²) in [6.45, 7) is 4.26. The van der Waals surface area contributed by atoms with Crippen LogP contribution in [-0.2, 0) is 12.8 Å². The largest absolute Gasteiger partial charge is 0.0776 e. The molecule has 0 nitrogen and oxygen atoms in total. The van der Waals surface area contributed by atoms with Crippen molar-refractivity contribution in [3.63, 3.8) is 0 Å². The fraction of sp³-hybridized carbons (Fsp3) is 0.250. The van der Waals surface area contributed by atoms with Crippen LogP contribution in [0.25, 0.3) is 0 Å². The number of hydrogen-bond donors (Lipinski definition) is 0. The van der Waals surface area contributed by atoms with Crippen LogP contribution in [-0.4, -0.2) is 0 Å². The smallest absolute Gasteiger partial charge is 0.00258 e. The molecule has 0 aliphatic rings. The predicted molar refractivity (Wildman–Crippen MR) is 108 cm³/mol. The molecular weight excluding hydrogens is 288 g/mol. The molecule has 0 bridgehead atoms. The van der Waals surface area contributed by atoms with E-state index in [9.17, 15) is 0 Å². The predicted octanol–water partition coefficient (Wildman–Crippen LogP) is 6.76. The van der Waals surface area contributed by atoms with Crippen molar-refractivity contribution in [2.75, 3.05) is 0 Å². The Morgan fingerprint density at radius 3 is 0.875 bits per heavy atom. The van der Waals surface area contributed by atoms with Gasteiger partial charge in [0.15, 0.2) is 0 Å². The van der Waals surface area contributed by atoms with Crippen molar-refractivity contribution in [2.45, 2.75) is 41.5 Å². The molecule has 0 aliphatic heterocycles. The van der Waals surface area contributed by atoms with Crippen LogP contribution in [0.15, 0.2) is 72.8 Å². The van der Waals surface area contributed by atoms with Crippen molar-refractivity contribution in [3.05, 3.63) is 106 Å². The summed E-state index contributed by atoms with van der Waals surface area (Å²) >= 11 is 0. The number of rotatable bonds is 4. The molecule has 3 aromatic rings. The van der Waals surface area contributed by atoms with E-state index in [4.69, 9.17) is 0 Å². The van der Waals surface area contributed by atoms with E-state index in [2.05, 4.69) is 86.6 Å². The second kappa shape index (κ2) is 9.08. The monoisotopic (exact) mass is 318 g/mol. The lowest BCUT2D eigenvalue weighted by Gasteiger charge is -2.06. The molecule has 0 atom stereocenters. The van der Waals surface area contributed by atoms with Gasteiger partial charge in [-0.25, -0.2) is 0 Å². The normalized spacial score (nSPS) is 9.75. The highest BCUT2D eigenvalue weighted by Gasteiger charge is 1.99. The van der Waals surface area contributed by atoms with Crippen molar-refractivity contribution < 1.29 is 0 Å².